The van der Waals surface area contributed by atoms with Gasteiger partial charge in [-0.15, -0.1) is 0 Å². The van der Waals surface area contributed by atoms with Crippen molar-refractivity contribution in [2.45, 2.75) is 69.6 Å². The number of nitrogens with one attached hydrogen (secondary N) is 3. The normalized spacial score (nSPS) is 24.7. The highest BCUT2D eigenvalue weighted by Gasteiger charge is 2.48. The lowest BCUT2D eigenvalue weighted by molar-refractivity contribution is -0.177. The van der Waals surface area contributed by atoms with Crippen molar-refractivity contribution < 1.29 is 19.1 Å². The number of amides is 3. The highest BCUT2D eigenvalue weighted by molar-refractivity contribution is 5.91. The first-order valence-electron chi connectivity index (χ1n) is 12.2. The molecule has 3 amide bonds. The molecule has 0 bridgehead atoms. The number of rotatable bonds is 8. The first kappa shape index (κ1) is 24.9. The number of hydrogen-bond acceptors (Lipinski definition) is 5. The van der Waals surface area contributed by atoms with Crippen LogP contribution in [-0.2, 0) is 19.1 Å². The minimum Gasteiger partial charge on any atom is -0.353 e. The topological polar surface area (TPSA) is 99.8 Å². The van der Waals surface area contributed by atoms with Crippen molar-refractivity contribution in [3.8, 4) is 0 Å². The largest absolute Gasteiger partial charge is 0.353 e. The lowest BCUT2D eigenvalue weighted by atomic mass is 9.98. The molecule has 0 saturated carbocycles. The van der Waals surface area contributed by atoms with E-state index in [1.54, 1.807) is 25.8 Å². The Kier molecular flexibility index (Phi) is 7.83. The Morgan fingerprint density at radius 1 is 1.03 bits per heavy atom. The molecule has 2 aromatic carbocycles. The van der Waals surface area contributed by atoms with Crippen LogP contribution in [0.5, 0.6) is 0 Å². The molecule has 8 nitrogen and oxygen atoms in total. The lowest BCUT2D eigenvalue weighted by Gasteiger charge is -2.41. The fraction of sp³-hybridized carbons (Fsp3) is 0.444. The molecule has 0 radical (unpaired) electrons. The summed E-state index contributed by atoms with van der Waals surface area (Å²) < 4.78 is 6.08. The Morgan fingerprint density at radius 2 is 1.63 bits per heavy atom. The zero-order valence-corrected chi connectivity index (χ0v) is 20.4. The third-order valence-corrected chi connectivity index (χ3v) is 6.93. The van der Waals surface area contributed by atoms with Crippen molar-refractivity contribution in [2.75, 3.05) is 7.05 Å². The van der Waals surface area contributed by atoms with Crippen LogP contribution < -0.4 is 16.0 Å². The predicted octanol–water partition coefficient (Wildman–Crippen LogP) is 2.11. The molecule has 2 saturated heterocycles. The fourth-order valence-electron chi connectivity index (χ4n) is 4.86. The first-order chi connectivity index (χ1) is 16.9. The molecule has 3 N–H and O–H groups in total. The number of benzene rings is 2. The van der Waals surface area contributed by atoms with Crippen molar-refractivity contribution in [2.24, 2.45) is 0 Å². The minimum atomic E-state index is -0.778. The number of likely N-dealkylation sites (N-methyl/N-ethyl adjacent to an activating group) is 1. The van der Waals surface area contributed by atoms with E-state index in [2.05, 4.69) is 16.0 Å². The van der Waals surface area contributed by atoms with Crippen LogP contribution >= 0.6 is 0 Å². The second-order valence-electron chi connectivity index (χ2n) is 9.30. The molecular weight excluding hydrogens is 444 g/mol. The minimum absolute atomic E-state index is 0.135. The molecule has 2 aromatic rings. The van der Waals surface area contributed by atoms with Gasteiger partial charge < -0.3 is 25.6 Å². The molecule has 0 spiro atoms. The van der Waals surface area contributed by atoms with E-state index >= 15 is 0 Å². The Hall–Kier alpha value is -3.23. The van der Waals surface area contributed by atoms with Crippen LogP contribution in [-0.4, -0.2) is 60.1 Å². The Balaban J connectivity index is 1.46. The highest BCUT2D eigenvalue weighted by atomic mass is 16.5. The van der Waals surface area contributed by atoms with Crippen LogP contribution in [0.2, 0.25) is 0 Å². The molecule has 35 heavy (non-hydrogen) atoms. The van der Waals surface area contributed by atoms with E-state index in [1.165, 1.54) is 0 Å². The number of fused-ring (bicyclic) bond motifs is 1. The molecule has 0 aliphatic carbocycles. The van der Waals surface area contributed by atoms with E-state index < -0.39 is 18.2 Å². The summed E-state index contributed by atoms with van der Waals surface area (Å²) in [5.74, 6) is -0.589. The zero-order valence-electron chi connectivity index (χ0n) is 20.4. The maximum absolute atomic E-state index is 13.4. The van der Waals surface area contributed by atoms with Gasteiger partial charge in [0.05, 0.1) is 18.2 Å². The van der Waals surface area contributed by atoms with Crippen LogP contribution in [0.15, 0.2) is 60.7 Å². The van der Waals surface area contributed by atoms with Crippen LogP contribution in [0, 0.1) is 0 Å². The zero-order chi connectivity index (χ0) is 24.9. The summed E-state index contributed by atoms with van der Waals surface area (Å²) >= 11 is 0. The summed E-state index contributed by atoms with van der Waals surface area (Å²) in [6.07, 6.45) is 0.700. The van der Waals surface area contributed by atoms with Crippen LogP contribution in [0.1, 0.15) is 50.3 Å². The summed E-state index contributed by atoms with van der Waals surface area (Å²) in [6.45, 7) is 3.53. The van der Waals surface area contributed by atoms with Gasteiger partial charge in [0, 0.05) is 12.5 Å². The standard InChI is InChI=1S/C27H34N4O4/c1-17(28-3)26(33)30-24-18(2)35-23-15-14-21(31(23)27(24)34)16-22(32)29-25(19-10-6-4-7-11-19)20-12-8-5-9-13-20/h4-13,17-18,21,23-25,28H,14-16H2,1-3H3,(H,29,32)(H,30,33)/t17-,18+,21?,23-,24-/m0/s1. The van der Waals surface area contributed by atoms with Gasteiger partial charge in [-0.1, -0.05) is 60.7 Å². The smallest absolute Gasteiger partial charge is 0.250 e. The Morgan fingerprint density at radius 3 is 2.20 bits per heavy atom. The Labute approximate surface area is 206 Å². The van der Waals surface area contributed by atoms with Gasteiger partial charge in [-0.25, -0.2) is 0 Å². The quantitative estimate of drug-likeness (QED) is 0.540. The average Bonchev–Trinajstić information content (AvgIpc) is 3.27. The van der Waals surface area contributed by atoms with Crippen LogP contribution in [0.25, 0.3) is 0 Å². The van der Waals surface area contributed by atoms with Crippen molar-refractivity contribution in [1.82, 2.24) is 20.9 Å². The number of carbonyl (C=O) groups is 3. The molecule has 0 aromatic heterocycles. The van der Waals surface area contributed by atoms with Gasteiger partial charge in [-0.3, -0.25) is 14.4 Å². The van der Waals surface area contributed by atoms with E-state index in [0.29, 0.717) is 12.8 Å². The number of hydrogen-bond donors (Lipinski definition) is 3. The molecule has 8 heteroatoms. The average molecular weight is 479 g/mol. The van der Waals surface area contributed by atoms with Crippen LogP contribution in [0.4, 0.5) is 0 Å². The van der Waals surface area contributed by atoms with Gasteiger partial charge in [0.15, 0.2) is 0 Å². The summed E-state index contributed by atoms with van der Waals surface area (Å²) in [4.78, 5) is 40.7. The van der Waals surface area contributed by atoms with E-state index in [-0.39, 0.29) is 42.5 Å². The van der Waals surface area contributed by atoms with Gasteiger partial charge in [0.1, 0.15) is 12.3 Å². The number of carbonyl (C=O) groups excluding carboxylic acids is 3. The van der Waals surface area contributed by atoms with Gasteiger partial charge in [0.2, 0.25) is 17.7 Å². The van der Waals surface area contributed by atoms with Gasteiger partial charge in [0.25, 0.3) is 0 Å². The maximum atomic E-state index is 13.4. The summed E-state index contributed by atoms with van der Waals surface area (Å²) in [6, 6.07) is 17.9. The van der Waals surface area contributed by atoms with E-state index in [4.69, 9.17) is 4.74 Å². The molecule has 1 unspecified atom stereocenters. The Bertz CT molecular complexity index is 992. The number of nitrogens with zero attached hydrogens (tertiary/aromatic N) is 1. The second kappa shape index (κ2) is 11.0. The van der Waals surface area contributed by atoms with Crippen LogP contribution in [0.3, 0.4) is 0 Å². The number of ether oxygens (including phenoxy) is 1. The van der Waals surface area contributed by atoms with Gasteiger partial charge in [-0.2, -0.15) is 0 Å². The third-order valence-electron chi connectivity index (χ3n) is 6.93. The molecule has 5 atom stereocenters. The van der Waals surface area contributed by atoms with Gasteiger partial charge in [-0.05, 0) is 44.9 Å². The molecular formula is C27H34N4O4. The molecule has 2 aliphatic rings. The summed E-state index contributed by atoms with van der Waals surface area (Å²) in [5.41, 5.74) is 1.98. The predicted molar refractivity (Wildman–Crippen MR) is 132 cm³/mol. The van der Waals surface area contributed by atoms with Crippen molar-refractivity contribution in [3.63, 3.8) is 0 Å². The monoisotopic (exact) mass is 478 g/mol. The van der Waals surface area contributed by atoms with Crippen molar-refractivity contribution in [3.05, 3.63) is 71.8 Å². The molecule has 2 fully saturated rings. The van der Waals surface area contributed by atoms with E-state index in [0.717, 1.165) is 11.1 Å². The highest BCUT2D eigenvalue weighted by Crippen LogP contribution is 2.33. The third kappa shape index (κ3) is 5.55. The summed E-state index contributed by atoms with van der Waals surface area (Å²) in [5, 5.41) is 8.86. The van der Waals surface area contributed by atoms with Gasteiger partial charge >= 0.3 is 0 Å². The molecule has 2 heterocycles. The fourth-order valence-corrected chi connectivity index (χ4v) is 4.86. The first-order valence-corrected chi connectivity index (χ1v) is 12.2. The lowest BCUT2D eigenvalue weighted by Crippen LogP contribution is -2.64. The molecule has 4 rings (SSSR count). The SMILES string of the molecule is CN[C@@H](C)C(=O)N[C@@H]1C(=O)N2C(CC(=O)NC(c3ccccc3)c3ccccc3)CC[C@@H]2O[C@@H]1C. The van der Waals surface area contributed by atoms with E-state index in [1.807, 2.05) is 60.7 Å². The van der Waals surface area contributed by atoms with Crippen molar-refractivity contribution >= 4 is 17.7 Å². The molecule has 186 valence electrons. The maximum Gasteiger partial charge on any atom is 0.250 e. The van der Waals surface area contributed by atoms with E-state index in [9.17, 15) is 14.4 Å². The summed E-state index contributed by atoms with van der Waals surface area (Å²) in [7, 11) is 1.69. The molecule has 2 aliphatic heterocycles. The second-order valence-corrected chi connectivity index (χ2v) is 9.30. The van der Waals surface area contributed by atoms with Crippen molar-refractivity contribution in [1.29, 1.82) is 0 Å².